The van der Waals surface area contributed by atoms with Gasteiger partial charge in [0.05, 0.1) is 0 Å². The van der Waals surface area contributed by atoms with E-state index in [0.717, 1.165) is 18.2 Å². The summed E-state index contributed by atoms with van der Waals surface area (Å²) in [6, 6.07) is 10.7. The molecule has 1 aliphatic rings. The molecule has 1 aromatic rings. The average Bonchev–Trinajstić information content (AvgIpc) is 2.41. The lowest BCUT2D eigenvalue weighted by Gasteiger charge is -2.40. The average molecular weight is 261 g/mol. The van der Waals surface area contributed by atoms with Gasteiger partial charge >= 0.3 is 0 Å². The van der Waals surface area contributed by atoms with Crippen molar-refractivity contribution in [1.82, 2.24) is 5.32 Å². The van der Waals surface area contributed by atoms with Crippen molar-refractivity contribution in [2.75, 3.05) is 6.54 Å². The van der Waals surface area contributed by atoms with E-state index in [-0.39, 0.29) is 0 Å². The van der Waals surface area contributed by atoms with Crippen LogP contribution in [0.25, 0.3) is 0 Å². The van der Waals surface area contributed by atoms with Gasteiger partial charge in [0, 0.05) is 6.04 Å². The van der Waals surface area contributed by atoms with Crippen LogP contribution in [0.3, 0.4) is 0 Å². The third-order valence-corrected chi connectivity index (χ3v) is 4.06. The number of nitrogens with one attached hydrogen (secondary N) is 1. The van der Waals surface area contributed by atoms with Gasteiger partial charge in [0.15, 0.2) is 0 Å². The Morgan fingerprint density at radius 1 is 1.16 bits per heavy atom. The molecule has 1 fully saturated rings. The summed E-state index contributed by atoms with van der Waals surface area (Å²) in [6.45, 7) is 7.98. The second-order valence-corrected chi connectivity index (χ2v) is 6.01. The third kappa shape index (κ3) is 3.97. The van der Waals surface area contributed by atoms with Crippen LogP contribution in [0, 0.1) is 11.8 Å². The van der Waals surface area contributed by atoms with E-state index in [4.69, 9.17) is 4.74 Å². The van der Waals surface area contributed by atoms with Crippen molar-refractivity contribution >= 4 is 0 Å². The van der Waals surface area contributed by atoms with E-state index in [0.29, 0.717) is 18.1 Å². The van der Waals surface area contributed by atoms with Gasteiger partial charge in [0.1, 0.15) is 11.9 Å². The molecular formula is C17H27NO. The Labute approximate surface area is 117 Å². The summed E-state index contributed by atoms with van der Waals surface area (Å²) in [5, 5.41) is 3.68. The zero-order chi connectivity index (χ0) is 13.7. The van der Waals surface area contributed by atoms with Crippen LogP contribution in [-0.4, -0.2) is 18.7 Å². The Morgan fingerprint density at radius 2 is 1.89 bits per heavy atom. The van der Waals surface area contributed by atoms with Crippen LogP contribution in [0.2, 0.25) is 0 Å². The molecule has 1 saturated carbocycles. The molecule has 2 heteroatoms. The number of benzene rings is 1. The summed E-state index contributed by atoms with van der Waals surface area (Å²) in [4.78, 5) is 0. The predicted octanol–water partition coefficient (Wildman–Crippen LogP) is 3.87. The van der Waals surface area contributed by atoms with Gasteiger partial charge in [-0.1, -0.05) is 39.0 Å². The maximum Gasteiger partial charge on any atom is 0.119 e. The Hall–Kier alpha value is -1.02. The van der Waals surface area contributed by atoms with Gasteiger partial charge in [-0.3, -0.25) is 0 Å². The summed E-state index contributed by atoms with van der Waals surface area (Å²) in [7, 11) is 0. The highest BCUT2D eigenvalue weighted by Crippen LogP contribution is 2.32. The molecular weight excluding hydrogens is 234 g/mol. The molecule has 106 valence electrons. The van der Waals surface area contributed by atoms with Crippen LogP contribution in [-0.2, 0) is 0 Å². The third-order valence-electron chi connectivity index (χ3n) is 4.06. The number of ether oxygens (including phenoxy) is 1. The molecule has 1 aliphatic carbocycles. The molecule has 1 N–H and O–H groups in total. The Morgan fingerprint density at radius 3 is 2.58 bits per heavy atom. The SMILES string of the molecule is CCCNC1CC(C)CC(C)C1Oc1ccccc1. The fourth-order valence-electron chi connectivity index (χ4n) is 3.21. The highest BCUT2D eigenvalue weighted by molar-refractivity contribution is 5.21. The number of rotatable bonds is 5. The van der Waals surface area contributed by atoms with Crippen molar-refractivity contribution in [2.24, 2.45) is 11.8 Å². The Kier molecular flexibility index (Phi) is 5.26. The second kappa shape index (κ2) is 6.95. The van der Waals surface area contributed by atoms with E-state index in [2.05, 4.69) is 38.2 Å². The minimum atomic E-state index is 0.296. The number of hydrogen-bond donors (Lipinski definition) is 1. The monoisotopic (exact) mass is 261 g/mol. The lowest BCUT2D eigenvalue weighted by Crippen LogP contribution is -2.51. The van der Waals surface area contributed by atoms with E-state index in [1.54, 1.807) is 0 Å². The van der Waals surface area contributed by atoms with Crippen LogP contribution in [0.1, 0.15) is 40.0 Å². The number of para-hydroxylation sites is 1. The van der Waals surface area contributed by atoms with Gasteiger partial charge in [-0.25, -0.2) is 0 Å². The standard InChI is InChI=1S/C17H27NO/c1-4-10-18-16-12-13(2)11-14(3)17(16)19-15-8-6-5-7-9-15/h5-9,13-14,16-18H,4,10-12H2,1-3H3. The van der Waals surface area contributed by atoms with E-state index in [9.17, 15) is 0 Å². The molecule has 0 aromatic heterocycles. The van der Waals surface area contributed by atoms with Crippen molar-refractivity contribution in [2.45, 2.75) is 52.2 Å². The van der Waals surface area contributed by atoms with Crippen molar-refractivity contribution in [3.05, 3.63) is 30.3 Å². The Balaban J connectivity index is 2.04. The summed E-state index contributed by atoms with van der Waals surface area (Å²) in [5.41, 5.74) is 0. The fourth-order valence-corrected chi connectivity index (χ4v) is 3.21. The first-order chi connectivity index (χ1) is 9.20. The highest BCUT2D eigenvalue weighted by Gasteiger charge is 2.35. The molecule has 0 aliphatic heterocycles. The zero-order valence-electron chi connectivity index (χ0n) is 12.4. The van der Waals surface area contributed by atoms with E-state index in [1.807, 2.05) is 18.2 Å². The van der Waals surface area contributed by atoms with Crippen LogP contribution >= 0.6 is 0 Å². The molecule has 4 unspecified atom stereocenters. The number of hydrogen-bond acceptors (Lipinski definition) is 2. The van der Waals surface area contributed by atoms with Gasteiger partial charge in [-0.15, -0.1) is 0 Å². The van der Waals surface area contributed by atoms with Crippen molar-refractivity contribution in [3.8, 4) is 5.75 Å². The molecule has 0 saturated heterocycles. The molecule has 0 heterocycles. The molecule has 0 bridgehead atoms. The summed E-state index contributed by atoms with van der Waals surface area (Å²) >= 11 is 0. The smallest absolute Gasteiger partial charge is 0.119 e. The minimum absolute atomic E-state index is 0.296. The van der Waals surface area contributed by atoms with Gasteiger partial charge in [-0.05, 0) is 49.8 Å². The van der Waals surface area contributed by atoms with Crippen LogP contribution in [0.4, 0.5) is 0 Å². The van der Waals surface area contributed by atoms with Gasteiger partial charge in [0.25, 0.3) is 0 Å². The molecule has 2 nitrogen and oxygen atoms in total. The molecule has 4 atom stereocenters. The maximum absolute atomic E-state index is 6.26. The Bertz CT molecular complexity index is 365. The van der Waals surface area contributed by atoms with Crippen LogP contribution in [0.15, 0.2) is 30.3 Å². The second-order valence-electron chi connectivity index (χ2n) is 6.01. The first-order valence-corrected chi connectivity index (χ1v) is 7.65. The van der Waals surface area contributed by atoms with Crippen molar-refractivity contribution in [1.29, 1.82) is 0 Å². The zero-order valence-corrected chi connectivity index (χ0v) is 12.4. The largest absolute Gasteiger partial charge is 0.489 e. The fraction of sp³-hybridized carbons (Fsp3) is 0.647. The molecule has 0 spiro atoms. The van der Waals surface area contributed by atoms with Crippen molar-refractivity contribution < 1.29 is 4.74 Å². The quantitative estimate of drug-likeness (QED) is 0.869. The topological polar surface area (TPSA) is 21.3 Å². The normalized spacial score (nSPS) is 31.1. The first-order valence-electron chi connectivity index (χ1n) is 7.65. The van der Waals surface area contributed by atoms with Gasteiger partial charge in [-0.2, -0.15) is 0 Å². The van der Waals surface area contributed by atoms with Crippen LogP contribution in [0.5, 0.6) is 5.75 Å². The molecule has 1 aromatic carbocycles. The van der Waals surface area contributed by atoms with E-state index in [1.165, 1.54) is 19.3 Å². The van der Waals surface area contributed by atoms with Gasteiger partial charge < -0.3 is 10.1 Å². The summed E-state index contributed by atoms with van der Waals surface area (Å²) in [5.74, 6) is 2.40. The summed E-state index contributed by atoms with van der Waals surface area (Å²) in [6.07, 6.45) is 3.96. The van der Waals surface area contributed by atoms with E-state index < -0.39 is 0 Å². The molecule has 0 amide bonds. The molecule has 0 radical (unpaired) electrons. The van der Waals surface area contributed by atoms with E-state index >= 15 is 0 Å². The highest BCUT2D eigenvalue weighted by atomic mass is 16.5. The molecule has 2 rings (SSSR count). The first kappa shape index (κ1) is 14.4. The summed E-state index contributed by atoms with van der Waals surface area (Å²) < 4.78 is 6.26. The predicted molar refractivity (Wildman–Crippen MR) is 80.5 cm³/mol. The maximum atomic E-state index is 6.26. The lowest BCUT2D eigenvalue weighted by atomic mass is 9.78. The minimum Gasteiger partial charge on any atom is -0.489 e. The van der Waals surface area contributed by atoms with Crippen molar-refractivity contribution in [3.63, 3.8) is 0 Å². The van der Waals surface area contributed by atoms with Crippen LogP contribution < -0.4 is 10.1 Å². The van der Waals surface area contributed by atoms with Gasteiger partial charge in [0.2, 0.25) is 0 Å². The lowest BCUT2D eigenvalue weighted by molar-refractivity contribution is 0.0477. The molecule has 19 heavy (non-hydrogen) atoms.